The van der Waals surface area contributed by atoms with Gasteiger partial charge >= 0.3 is 0 Å². The van der Waals surface area contributed by atoms with Crippen LogP contribution in [0.2, 0.25) is 0 Å². The summed E-state index contributed by atoms with van der Waals surface area (Å²) in [5.74, 6) is 2.28. The zero-order valence-corrected chi connectivity index (χ0v) is 17.1. The number of anilines is 1. The van der Waals surface area contributed by atoms with Crippen molar-refractivity contribution >= 4 is 11.5 Å². The Labute approximate surface area is 170 Å². The highest BCUT2D eigenvalue weighted by Gasteiger charge is 2.17. The Balaban J connectivity index is 1.79. The molecule has 2 aromatic carbocycles. The van der Waals surface area contributed by atoms with Gasteiger partial charge in [-0.25, -0.2) is 4.98 Å². The van der Waals surface area contributed by atoms with E-state index in [9.17, 15) is 0 Å². The minimum Gasteiger partial charge on any atom is -0.493 e. The van der Waals surface area contributed by atoms with Crippen molar-refractivity contribution in [3.05, 3.63) is 71.5 Å². The van der Waals surface area contributed by atoms with Gasteiger partial charge in [0, 0.05) is 23.9 Å². The van der Waals surface area contributed by atoms with E-state index in [2.05, 4.69) is 17.4 Å². The molecule has 0 saturated carbocycles. The van der Waals surface area contributed by atoms with Crippen molar-refractivity contribution in [2.75, 3.05) is 19.5 Å². The zero-order valence-electron chi connectivity index (χ0n) is 17.1. The molecule has 0 aliphatic rings. The van der Waals surface area contributed by atoms with E-state index < -0.39 is 0 Å². The van der Waals surface area contributed by atoms with Crippen molar-refractivity contribution < 1.29 is 9.47 Å². The Morgan fingerprint density at radius 2 is 1.69 bits per heavy atom. The van der Waals surface area contributed by atoms with Crippen LogP contribution in [-0.4, -0.2) is 28.8 Å². The summed E-state index contributed by atoms with van der Waals surface area (Å²) in [6, 6.07) is 18.2. The van der Waals surface area contributed by atoms with Gasteiger partial charge in [-0.3, -0.25) is 0 Å². The largest absolute Gasteiger partial charge is 0.493 e. The second kappa shape index (κ2) is 7.83. The maximum absolute atomic E-state index is 5.48. The van der Waals surface area contributed by atoms with Crippen LogP contribution in [0.25, 0.3) is 16.8 Å². The molecule has 0 atom stereocenters. The predicted octanol–water partition coefficient (Wildman–Crippen LogP) is 4.64. The number of aryl methyl sites for hydroxylation is 2. The van der Waals surface area contributed by atoms with E-state index >= 15 is 0 Å². The SMILES string of the molecule is COc1ccc(-c2c(C)nn3c(NCc4ccccc4)cc(C)nc23)cc1OC. The Kier molecular flexibility index (Phi) is 5.08. The molecule has 0 spiro atoms. The number of rotatable bonds is 6. The first-order valence-electron chi connectivity index (χ1n) is 9.48. The quantitative estimate of drug-likeness (QED) is 0.521. The van der Waals surface area contributed by atoms with Crippen molar-refractivity contribution in [2.24, 2.45) is 0 Å². The van der Waals surface area contributed by atoms with Gasteiger partial charge in [0.25, 0.3) is 0 Å². The van der Waals surface area contributed by atoms with Crippen molar-refractivity contribution in [1.29, 1.82) is 0 Å². The van der Waals surface area contributed by atoms with E-state index in [4.69, 9.17) is 19.6 Å². The first-order chi connectivity index (χ1) is 14.1. The molecule has 4 rings (SSSR count). The number of hydrogen-bond acceptors (Lipinski definition) is 5. The molecule has 0 radical (unpaired) electrons. The van der Waals surface area contributed by atoms with Crippen LogP contribution in [0, 0.1) is 13.8 Å². The molecule has 0 amide bonds. The molecule has 0 aliphatic heterocycles. The molecule has 4 aromatic rings. The summed E-state index contributed by atoms with van der Waals surface area (Å²) in [6.07, 6.45) is 0. The monoisotopic (exact) mass is 388 g/mol. The summed E-state index contributed by atoms with van der Waals surface area (Å²) < 4.78 is 12.7. The maximum Gasteiger partial charge on any atom is 0.165 e. The Bertz CT molecular complexity index is 1150. The highest BCUT2D eigenvalue weighted by atomic mass is 16.5. The minimum atomic E-state index is 0.679. The van der Waals surface area contributed by atoms with Crippen LogP contribution in [0.4, 0.5) is 5.82 Å². The lowest BCUT2D eigenvalue weighted by atomic mass is 10.1. The van der Waals surface area contributed by atoms with Gasteiger partial charge in [0.2, 0.25) is 0 Å². The third-order valence-electron chi connectivity index (χ3n) is 4.88. The van der Waals surface area contributed by atoms with Crippen LogP contribution in [0.15, 0.2) is 54.6 Å². The van der Waals surface area contributed by atoms with Crippen molar-refractivity contribution in [2.45, 2.75) is 20.4 Å². The number of nitrogens with one attached hydrogen (secondary N) is 1. The van der Waals surface area contributed by atoms with Gasteiger partial charge in [-0.15, -0.1) is 0 Å². The lowest BCUT2D eigenvalue weighted by Crippen LogP contribution is -2.06. The second-order valence-electron chi connectivity index (χ2n) is 6.89. The average Bonchev–Trinajstić information content (AvgIpc) is 3.07. The first kappa shape index (κ1) is 18.8. The normalized spacial score (nSPS) is 10.9. The molecule has 0 saturated heterocycles. The van der Waals surface area contributed by atoms with Crippen LogP contribution in [0.5, 0.6) is 11.5 Å². The minimum absolute atomic E-state index is 0.679. The van der Waals surface area contributed by atoms with Crippen LogP contribution in [0.1, 0.15) is 17.0 Å². The molecular weight excluding hydrogens is 364 g/mol. The number of methoxy groups -OCH3 is 2. The van der Waals surface area contributed by atoms with E-state index in [0.29, 0.717) is 18.0 Å². The molecule has 1 N–H and O–H groups in total. The summed E-state index contributed by atoms with van der Waals surface area (Å²) in [5, 5.41) is 8.25. The molecule has 2 heterocycles. The van der Waals surface area contributed by atoms with Gasteiger partial charge in [-0.2, -0.15) is 9.61 Å². The van der Waals surface area contributed by atoms with Gasteiger partial charge < -0.3 is 14.8 Å². The topological polar surface area (TPSA) is 60.7 Å². The average molecular weight is 388 g/mol. The van der Waals surface area contributed by atoms with E-state index in [-0.39, 0.29) is 0 Å². The Morgan fingerprint density at radius 3 is 2.41 bits per heavy atom. The van der Waals surface area contributed by atoms with E-state index in [1.807, 2.05) is 60.8 Å². The number of nitrogens with zero attached hydrogens (tertiary/aromatic N) is 3. The summed E-state index contributed by atoms with van der Waals surface area (Å²) >= 11 is 0. The number of benzene rings is 2. The summed E-state index contributed by atoms with van der Waals surface area (Å²) in [6.45, 7) is 4.70. The molecule has 0 aliphatic carbocycles. The van der Waals surface area contributed by atoms with E-state index in [1.54, 1.807) is 14.2 Å². The number of aromatic nitrogens is 3. The standard InChI is InChI=1S/C23H24N4O2/c1-15-12-21(24-14-17-8-6-5-7-9-17)27-23(25-15)22(16(2)26-27)18-10-11-19(28-3)20(13-18)29-4/h5-13,24H,14H2,1-4H3. The maximum atomic E-state index is 5.48. The smallest absolute Gasteiger partial charge is 0.165 e. The lowest BCUT2D eigenvalue weighted by molar-refractivity contribution is 0.355. The summed E-state index contributed by atoms with van der Waals surface area (Å²) in [5.41, 5.74) is 5.82. The van der Waals surface area contributed by atoms with Crippen LogP contribution in [-0.2, 0) is 6.54 Å². The van der Waals surface area contributed by atoms with Crippen LogP contribution >= 0.6 is 0 Å². The van der Waals surface area contributed by atoms with Gasteiger partial charge in [-0.1, -0.05) is 36.4 Å². The molecule has 0 unspecified atom stereocenters. The lowest BCUT2D eigenvalue weighted by Gasteiger charge is -2.11. The molecule has 0 bridgehead atoms. The molecule has 148 valence electrons. The second-order valence-corrected chi connectivity index (χ2v) is 6.89. The fraction of sp³-hybridized carbons (Fsp3) is 0.217. The molecule has 29 heavy (non-hydrogen) atoms. The predicted molar refractivity (Wildman–Crippen MR) is 115 cm³/mol. The van der Waals surface area contributed by atoms with Gasteiger partial charge in [0.15, 0.2) is 17.1 Å². The fourth-order valence-corrected chi connectivity index (χ4v) is 3.49. The van der Waals surface area contributed by atoms with Gasteiger partial charge in [-0.05, 0) is 37.1 Å². The third-order valence-corrected chi connectivity index (χ3v) is 4.88. The molecular formula is C23H24N4O2. The van der Waals surface area contributed by atoms with Crippen LogP contribution in [0.3, 0.4) is 0 Å². The highest BCUT2D eigenvalue weighted by Crippen LogP contribution is 2.35. The van der Waals surface area contributed by atoms with Crippen molar-refractivity contribution in [3.63, 3.8) is 0 Å². The zero-order chi connectivity index (χ0) is 20.4. The molecule has 2 aromatic heterocycles. The Morgan fingerprint density at radius 1 is 0.931 bits per heavy atom. The molecule has 6 nitrogen and oxygen atoms in total. The van der Waals surface area contributed by atoms with Gasteiger partial charge in [0.05, 0.1) is 19.9 Å². The van der Waals surface area contributed by atoms with E-state index in [1.165, 1.54) is 5.56 Å². The van der Waals surface area contributed by atoms with Crippen molar-refractivity contribution in [1.82, 2.24) is 14.6 Å². The Hall–Kier alpha value is -3.54. The van der Waals surface area contributed by atoms with E-state index in [0.717, 1.165) is 34.0 Å². The summed E-state index contributed by atoms with van der Waals surface area (Å²) in [7, 11) is 3.27. The molecule has 6 heteroatoms. The number of fused-ring (bicyclic) bond motifs is 1. The molecule has 0 fully saturated rings. The number of ether oxygens (including phenoxy) is 2. The highest BCUT2D eigenvalue weighted by molar-refractivity contribution is 5.82. The number of hydrogen-bond donors (Lipinski definition) is 1. The third kappa shape index (κ3) is 3.61. The fourth-order valence-electron chi connectivity index (χ4n) is 3.49. The first-order valence-corrected chi connectivity index (χ1v) is 9.48. The van der Waals surface area contributed by atoms with Gasteiger partial charge in [0.1, 0.15) is 5.82 Å². The van der Waals surface area contributed by atoms with Crippen molar-refractivity contribution in [3.8, 4) is 22.6 Å². The summed E-state index contributed by atoms with van der Waals surface area (Å²) in [4.78, 5) is 4.77. The van der Waals surface area contributed by atoms with Crippen LogP contribution < -0.4 is 14.8 Å².